The topological polar surface area (TPSA) is 46.3 Å². The molecule has 0 spiro atoms. The van der Waals surface area contributed by atoms with Crippen molar-refractivity contribution in [2.24, 2.45) is 5.73 Å². The standard InChI is InChI=1S/C14H21ClN2OS/c1-2-13(16)10-11-9-12(15)3-4-14(11)17-5-7-19(18)8-6-17/h3-4,9,13H,2,5-8,10,16H2,1H3. The second kappa shape index (κ2) is 6.73. The lowest BCUT2D eigenvalue weighted by molar-refractivity contribution is 0.643. The van der Waals surface area contributed by atoms with Crippen molar-refractivity contribution in [3.05, 3.63) is 28.8 Å². The fourth-order valence-corrected chi connectivity index (χ4v) is 3.58. The van der Waals surface area contributed by atoms with Crippen LogP contribution in [0.2, 0.25) is 5.02 Å². The smallest absolute Gasteiger partial charge is 0.0411 e. The zero-order valence-corrected chi connectivity index (χ0v) is 12.8. The number of rotatable bonds is 4. The van der Waals surface area contributed by atoms with Gasteiger partial charge in [0.2, 0.25) is 0 Å². The Morgan fingerprint density at radius 3 is 2.74 bits per heavy atom. The third-order valence-corrected chi connectivity index (χ3v) is 5.08. The van der Waals surface area contributed by atoms with E-state index in [2.05, 4.69) is 17.9 Å². The van der Waals surface area contributed by atoms with Crippen LogP contribution in [0.5, 0.6) is 0 Å². The fraction of sp³-hybridized carbons (Fsp3) is 0.571. The number of nitrogens with two attached hydrogens (primary N) is 1. The fourth-order valence-electron chi connectivity index (χ4n) is 2.33. The van der Waals surface area contributed by atoms with Gasteiger partial charge < -0.3 is 10.6 Å². The molecule has 19 heavy (non-hydrogen) atoms. The highest BCUT2D eigenvalue weighted by molar-refractivity contribution is 7.85. The molecule has 3 nitrogen and oxygen atoms in total. The number of hydrogen-bond donors (Lipinski definition) is 1. The maximum atomic E-state index is 11.4. The quantitative estimate of drug-likeness (QED) is 0.927. The maximum absolute atomic E-state index is 11.4. The average Bonchev–Trinajstić information content (AvgIpc) is 2.40. The highest BCUT2D eigenvalue weighted by Crippen LogP contribution is 2.26. The number of benzene rings is 1. The summed E-state index contributed by atoms with van der Waals surface area (Å²) in [7, 11) is -0.650. The third kappa shape index (κ3) is 3.94. The molecule has 1 heterocycles. The zero-order chi connectivity index (χ0) is 13.8. The lowest BCUT2D eigenvalue weighted by Crippen LogP contribution is -2.38. The Hall–Kier alpha value is -0.580. The number of nitrogens with zero attached hydrogens (tertiary/aromatic N) is 1. The van der Waals surface area contributed by atoms with Gasteiger partial charge in [-0.05, 0) is 36.6 Å². The van der Waals surface area contributed by atoms with E-state index in [0.717, 1.165) is 42.5 Å². The SMILES string of the molecule is CCC(N)Cc1cc(Cl)ccc1N1CCS(=O)CC1. The zero-order valence-electron chi connectivity index (χ0n) is 11.3. The van der Waals surface area contributed by atoms with E-state index >= 15 is 0 Å². The summed E-state index contributed by atoms with van der Waals surface area (Å²) in [5, 5.41) is 0.752. The Bertz CT molecular complexity index is 457. The molecule has 0 radical (unpaired) electrons. The molecule has 106 valence electrons. The number of halogens is 1. The van der Waals surface area contributed by atoms with Gasteiger partial charge in [-0.1, -0.05) is 18.5 Å². The molecule has 1 fully saturated rings. The molecule has 5 heteroatoms. The lowest BCUT2D eigenvalue weighted by Gasteiger charge is -2.31. The molecule has 0 saturated carbocycles. The molecule has 1 aliphatic heterocycles. The second-order valence-corrected chi connectivity index (χ2v) is 7.11. The summed E-state index contributed by atoms with van der Waals surface area (Å²) in [6.07, 6.45) is 1.79. The van der Waals surface area contributed by atoms with E-state index in [1.807, 2.05) is 12.1 Å². The normalized spacial score (nSPS) is 18.6. The molecule has 1 aromatic carbocycles. The van der Waals surface area contributed by atoms with Crippen LogP contribution in [0.25, 0.3) is 0 Å². The lowest BCUT2D eigenvalue weighted by atomic mass is 10.0. The van der Waals surface area contributed by atoms with E-state index in [4.69, 9.17) is 17.3 Å². The van der Waals surface area contributed by atoms with Gasteiger partial charge in [0, 0.05) is 52.1 Å². The van der Waals surface area contributed by atoms with Crippen LogP contribution in [0.3, 0.4) is 0 Å². The van der Waals surface area contributed by atoms with Crippen LogP contribution in [0.15, 0.2) is 18.2 Å². The first kappa shape index (κ1) is 14.8. The summed E-state index contributed by atoms with van der Waals surface area (Å²) in [6.45, 7) is 3.80. The first-order valence-corrected chi connectivity index (χ1v) is 8.60. The molecule has 1 saturated heterocycles. The minimum atomic E-state index is -0.650. The van der Waals surface area contributed by atoms with Gasteiger partial charge in [0.05, 0.1) is 0 Å². The minimum absolute atomic E-state index is 0.163. The Labute approximate surface area is 122 Å². The van der Waals surface area contributed by atoms with E-state index < -0.39 is 10.8 Å². The van der Waals surface area contributed by atoms with Crippen LogP contribution >= 0.6 is 11.6 Å². The van der Waals surface area contributed by atoms with Crippen molar-refractivity contribution in [2.45, 2.75) is 25.8 Å². The monoisotopic (exact) mass is 300 g/mol. The van der Waals surface area contributed by atoms with Crippen molar-refractivity contribution in [2.75, 3.05) is 29.5 Å². The van der Waals surface area contributed by atoms with Gasteiger partial charge in [0.1, 0.15) is 0 Å². The average molecular weight is 301 g/mol. The van der Waals surface area contributed by atoms with Crippen LogP contribution in [0, 0.1) is 0 Å². The predicted octanol–water partition coefficient (Wildman–Crippen LogP) is 2.19. The summed E-state index contributed by atoms with van der Waals surface area (Å²) >= 11 is 6.10. The van der Waals surface area contributed by atoms with E-state index in [0.29, 0.717) is 0 Å². The molecule has 1 unspecified atom stereocenters. The Balaban J connectivity index is 2.21. The van der Waals surface area contributed by atoms with E-state index in [-0.39, 0.29) is 6.04 Å². The van der Waals surface area contributed by atoms with Crippen molar-refractivity contribution in [3.8, 4) is 0 Å². The highest BCUT2D eigenvalue weighted by Gasteiger charge is 2.18. The maximum Gasteiger partial charge on any atom is 0.0411 e. The Morgan fingerprint density at radius 2 is 2.11 bits per heavy atom. The van der Waals surface area contributed by atoms with Gasteiger partial charge in [-0.3, -0.25) is 4.21 Å². The van der Waals surface area contributed by atoms with Gasteiger partial charge in [-0.15, -0.1) is 0 Å². The molecular weight excluding hydrogens is 280 g/mol. The molecule has 0 bridgehead atoms. The molecule has 0 aliphatic carbocycles. The summed E-state index contributed by atoms with van der Waals surface area (Å²) in [6, 6.07) is 6.16. The molecule has 0 amide bonds. The van der Waals surface area contributed by atoms with Crippen molar-refractivity contribution in [3.63, 3.8) is 0 Å². The summed E-state index contributed by atoms with van der Waals surface area (Å²) in [5.74, 6) is 1.50. The van der Waals surface area contributed by atoms with E-state index in [9.17, 15) is 4.21 Å². The van der Waals surface area contributed by atoms with Gasteiger partial charge in [0.15, 0.2) is 0 Å². The molecule has 2 N–H and O–H groups in total. The largest absolute Gasteiger partial charge is 0.369 e. The van der Waals surface area contributed by atoms with Crippen LogP contribution in [-0.4, -0.2) is 34.8 Å². The van der Waals surface area contributed by atoms with E-state index in [1.54, 1.807) is 0 Å². The summed E-state index contributed by atoms with van der Waals surface area (Å²) in [5.41, 5.74) is 8.47. The summed E-state index contributed by atoms with van der Waals surface area (Å²) < 4.78 is 11.4. The van der Waals surface area contributed by atoms with Crippen LogP contribution in [0.1, 0.15) is 18.9 Å². The van der Waals surface area contributed by atoms with Gasteiger partial charge in [-0.2, -0.15) is 0 Å². The second-order valence-electron chi connectivity index (χ2n) is 4.98. The molecule has 1 aromatic rings. The Morgan fingerprint density at radius 1 is 1.42 bits per heavy atom. The summed E-state index contributed by atoms with van der Waals surface area (Å²) in [4.78, 5) is 2.30. The third-order valence-electron chi connectivity index (χ3n) is 3.57. The Kier molecular flexibility index (Phi) is 5.25. The highest BCUT2D eigenvalue weighted by atomic mass is 35.5. The van der Waals surface area contributed by atoms with Gasteiger partial charge >= 0.3 is 0 Å². The predicted molar refractivity (Wildman–Crippen MR) is 83.5 cm³/mol. The van der Waals surface area contributed by atoms with Crippen LogP contribution in [0.4, 0.5) is 5.69 Å². The first-order chi connectivity index (χ1) is 9.10. The van der Waals surface area contributed by atoms with Gasteiger partial charge in [-0.25, -0.2) is 0 Å². The first-order valence-electron chi connectivity index (χ1n) is 6.74. The number of hydrogen-bond acceptors (Lipinski definition) is 3. The van der Waals surface area contributed by atoms with Gasteiger partial charge in [0.25, 0.3) is 0 Å². The molecule has 2 rings (SSSR count). The van der Waals surface area contributed by atoms with Crippen LogP contribution < -0.4 is 10.6 Å². The molecule has 0 aromatic heterocycles. The van der Waals surface area contributed by atoms with E-state index in [1.165, 1.54) is 11.3 Å². The molecule has 1 aliphatic rings. The number of anilines is 1. The van der Waals surface area contributed by atoms with Crippen molar-refractivity contribution in [1.29, 1.82) is 0 Å². The molecule has 1 atom stereocenters. The molecular formula is C14H21ClN2OS. The van der Waals surface area contributed by atoms with Crippen LogP contribution in [-0.2, 0) is 17.2 Å². The van der Waals surface area contributed by atoms with Crippen molar-refractivity contribution >= 4 is 28.1 Å². The van der Waals surface area contributed by atoms with Crippen molar-refractivity contribution < 1.29 is 4.21 Å². The minimum Gasteiger partial charge on any atom is -0.369 e. The van der Waals surface area contributed by atoms with Crippen molar-refractivity contribution in [1.82, 2.24) is 0 Å².